The van der Waals surface area contributed by atoms with Crippen LogP contribution in [0.25, 0.3) is 0 Å². The van der Waals surface area contributed by atoms with E-state index in [0.29, 0.717) is 13.2 Å². The Bertz CT molecular complexity index is 508. The molecule has 1 aliphatic heterocycles. The Morgan fingerprint density at radius 3 is 2.68 bits per heavy atom. The Hall–Kier alpha value is -1.84. The first kappa shape index (κ1) is 13.6. The molecule has 0 N–H and O–H groups in total. The fraction of sp³-hybridized carbons (Fsp3) is 0.467. The van der Waals surface area contributed by atoms with E-state index in [9.17, 15) is 9.59 Å². The predicted molar refractivity (Wildman–Crippen MR) is 73.1 cm³/mol. The van der Waals surface area contributed by atoms with Gasteiger partial charge in [-0.2, -0.15) is 0 Å². The number of carbonyl (C=O) groups is 2. The number of carbonyl (C=O) groups excluding carboxylic acids is 2. The van der Waals surface area contributed by atoms with Crippen LogP contribution in [0.1, 0.15) is 32.8 Å². The number of para-hydroxylation sites is 1. The molecule has 0 radical (unpaired) electrons. The summed E-state index contributed by atoms with van der Waals surface area (Å²) < 4.78 is 4.83. The second-order valence-corrected chi connectivity index (χ2v) is 5.36. The summed E-state index contributed by atoms with van der Waals surface area (Å²) in [5, 5.41) is 0. The van der Waals surface area contributed by atoms with Crippen molar-refractivity contribution in [1.82, 2.24) is 0 Å². The van der Waals surface area contributed by atoms with E-state index < -0.39 is 5.97 Å². The molecule has 1 aliphatic rings. The van der Waals surface area contributed by atoms with Gasteiger partial charge in [-0.05, 0) is 18.6 Å². The second kappa shape index (κ2) is 5.03. The molecular weight excluding hydrogens is 242 g/mol. The Morgan fingerprint density at radius 1 is 1.32 bits per heavy atom. The Morgan fingerprint density at radius 2 is 2.00 bits per heavy atom. The monoisotopic (exact) mass is 261 g/mol. The van der Waals surface area contributed by atoms with Crippen LogP contribution >= 0.6 is 0 Å². The molecule has 0 spiro atoms. The van der Waals surface area contributed by atoms with Crippen LogP contribution in [0.2, 0.25) is 0 Å². The molecule has 1 aromatic rings. The van der Waals surface area contributed by atoms with E-state index in [1.807, 2.05) is 24.3 Å². The number of anilines is 1. The molecule has 102 valence electrons. The Kier molecular flexibility index (Phi) is 3.60. The van der Waals surface area contributed by atoms with Crippen LogP contribution in [0.15, 0.2) is 24.3 Å². The zero-order valence-electron chi connectivity index (χ0n) is 11.6. The topological polar surface area (TPSA) is 46.6 Å². The molecule has 0 unspecified atom stereocenters. The molecule has 1 aromatic carbocycles. The molecule has 0 bridgehead atoms. The van der Waals surface area contributed by atoms with Gasteiger partial charge in [0.05, 0.1) is 6.61 Å². The van der Waals surface area contributed by atoms with Crippen molar-refractivity contribution in [3.8, 4) is 0 Å². The van der Waals surface area contributed by atoms with Crippen LogP contribution in [-0.2, 0) is 19.7 Å². The molecule has 0 aromatic heterocycles. The normalized spacial score (nSPS) is 16.1. The van der Waals surface area contributed by atoms with Gasteiger partial charge in [-0.25, -0.2) is 0 Å². The lowest BCUT2D eigenvalue weighted by Crippen LogP contribution is -2.35. The molecule has 1 amide bonds. The molecule has 4 heteroatoms. The summed E-state index contributed by atoms with van der Waals surface area (Å²) in [6, 6.07) is 7.84. The molecule has 0 saturated heterocycles. The molecule has 0 saturated carbocycles. The zero-order chi connectivity index (χ0) is 14.0. The molecule has 4 nitrogen and oxygen atoms in total. The van der Waals surface area contributed by atoms with Crippen molar-refractivity contribution in [3.05, 3.63) is 29.8 Å². The van der Waals surface area contributed by atoms with Crippen molar-refractivity contribution in [3.63, 3.8) is 0 Å². The van der Waals surface area contributed by atoms with Gasteiger partial charge in [0.2, 0.25) is 5.91 Å². The maximum atomic E-state index is 12.2. The highest BCUT2D eigenvalue weighted by Crippen LogP contribution is 2.40. The molecular formula is C15H19NO3. The number of esters is 1. The van der Waals surface area contributed by atoms with Crippen molar-refractivity contribution in [1.29, 1.82) is 0 Å². The van der Waals surface area contributed by atoms with Crippen LogP contribution in [0.4, 0.5) is 5.69 Å². The van der Waals surface area contributed by atoms with Crippen molar-refractivity contribution in [2.75, 3.05) is 18.1 Å². The van der Waals surface area contributed by atoms with E-state index in [2.05, 4.69) is 13.8 Å². The van der Waals surface area contributed by atoms with Crippen molar-refractivity contribution in [2.24, 2.45) is 0 Å². The van der Waals surface area contributed by atoms with Gasteiger partial charge >= 0.3 is 5.97 Å². The lowest BCUT2D eigenvalue weighted by Gasteiger charge is -2.20. The number of fused-ring (bicyclic) bond motifs is 1. The highest BCUT2D eigenvalue weighted by atomic mass is 16.5. The number of hydrogen-bond acceptors (Lipinski definition) is 3. The fourth-order valence-electron chi connectivity index (χ4n) is 2.50. The minimum absolute atomic E-state index is 0.0824. The lowest BCUT2D eigenvalue weighted by molar-refractivity contribution is -0.145. The lowest BCUT2D eigenvalue weighted by atomic mass is 9.87. The minimum Gasteiger partial charge on any atom is -0.466 e. The number of nitrogens with zero attached hydrogens (tertiary/aromatic N) is 1. The molecule has 0 atom stereocenters. The van der Waals surface area contributed by atoms with E-state index in [4.69, 9.17) is 4.74 Å². The van der Waals surface area contributed by atoms with E-state index in [-0.39, 0.29) is 17.7 Å². The predicted octanol–water partition coefficient (Wildman–Crippen LogP) is 2.26. The highest BCUT2D eigenvalue weighted by Gasteiger charge is 2.37. The first-order valence-electron chi connectivity index (χ1n) is 6.51. The fourth-order valence-corrected chi connectivity index (χ4v) is 2.50. The van der Waals surface area contributed by atoms with Gasteiger partial charge in [-0.3, -0.25) is 9.59 Å². The van der Waals surface area contributed by atoms with E-state index in [1.54, 1.807) is 11.8 Å². The summed E-state index contributed by atoms with van der Waals surface area (Å²) in [5.41, 5.74) is 1.97. The zero-order valence-corrected chi connectivity index (χ0v) is 11.6. The molecule has 19 heavy (non-hydrogen) atoms. The van der Waals surface area contributed by atoms with Crippen LogP contribution < -0.4 is 4.90 Å². The van der Waals surface area contributed by atoms with Gasteiger partial charge in [0.25, 0.3) is 0 Å². The average Bonchev–Trinajstić information content (AvgIpc) is 2.63. The number of rotatable bonds is 3. The Balaban J connectivity index is 2.19. The maximum absolute atomic E-state index is 12.2. The van der Waals surface area contributed by atoms with E-state index in [0.717, 1.165) is 11.3 Å². The van der Waals surface area contributed by atoms with Crippen LogP contribution in [0.5, 0.6) is 0 Å². The third kappa shape index (κ3) is 2.62. The largest absolute Gasteiger partial charge is 0.466 e. The molecule has 0 fully saturated rings. The number of amides is 1. The maximum Gasteiger partial charge on any atom is 0.315 e. The number of benzene rings is 1. The SMILES string of the molecule is CCOC(=O)CC(=O)N1CC(C)(C)c2ccccc21. The minimum atomic E-state index is -0.463. The summed E-state index contributed by atoms with van der Waals surface area (Å²) in [4.78, 5) is 25.3. The first-order valence-corrected chi connectivity index (χ1v) is 6.51. The van der Waals surface area contributed by atoms with Gasteiger partial charge in [0, 0.05) is 17.6 Å². The molecule has 0 aliphatic carbocycles. The van der Waals surface area contributed by atoms with Crippen molar-refractivity contribution in [2.45, 2.75) is 32.6 Å². The summed E-state index contributed by atoms with van der Waals surface area (Å²) in [5.74, 6) is -0.661. The average molecular weight is 261 g/mol. The van der Waals surface area contributed by atoms with Crippen molar-refractivity contribution >= 4 is 17.6 Å². The van der Waals surface area contributed by atoms with Gasteiger partial charge in [0.1, 0.15) is 6.42 Å². The van der Waals surface area contributed by atoms with Crippen LogP contribution in [-0.4, -0.2) is 25.0 Å². The van der Waals surface area contributed by atoms with Gasteiger partial charge in [0.15, 0.2) is 0 Å². The number of hydrogen-bond donors (Lipinski definition) is 0. The summed E-state index contributed by atoms with van der Waals surface area (Å²) >= 11 is 0. The van der Waals surface area contributed by atoms with Gasteiger partial charge < -0.3 is 9.64 Å². The third-order valence-electron chi connectivity index (χ3n) is 3.38. The summed E-state index contributed by atoms with van der Waals surface area (Å²) in [6.07, 6.45) is -0.196. The van der Waals surface area contributed by atoms with Crippen LogP contribution in [0, 0.1) is 0 Å². The molecule has 2 rings (SSSR count). The smallest absolute Gasteiger partial charge is 0.315 e. The number of ether oxygens (including phenoxy) is 1. The van der Waals surface area contributed by atoms with Crippen molar-refractivity contribution < 1.29 is 14.3 Å². The van der Waals surface area contributed by atoms with E-state index in [1.165, 1.54) is 0 Å². The third-order valence-corrected chi connectivity index (χ3v) is 3.38. The highest BCUT2D eigenvalue weighted by molar-refractivity contribution is 6.05. The second-order valence-electron chi connectivity index (χ2n) is 5.36. The quantitative estimate of drug-likeness (QED) is 0.619. The molecule has 1 heterocycles. The Labute approximate surface area is 113 Å². The summed E-state index contributed by atoms with van der Waals surface area (Å²) in [7, 11) is 0. The summed E-state index contributed by atoms with van der Waals surface area (Å²) in [6.45, 7) is 6.84. The van der Waals surface area contributed by atoms with Gasteiger partial charge in [-0.1, -0.05) is 32.0 Å². The van der Waals surface area contributed by atoms with E-state index >= 15 is 0 Å². The first-order chi connectivity index (χ1) is 8.95. The van der Waals surface area contributed by atoms with Gasteiger partial charge in [-0.15, -0.1) is 0 Å². The standard InChI is InChI=1S/C15H19NO3/c1-4-19-14(18)9-13(17)16-10-15(2,3)11-7-5-6-8-12(11)16/h5-8H,4,9-10H2,1-3H3. The van der Waals surface area contributed by atoms with Crippen LogP contribution in [0.3, 0.4) is 0 Å².